The first-order chi connectivity index (χ1) is 25.9. The number of methoxy groups -OCH3 is 1. The summed E-state index contributed by atoms with van der Waals surface area (Å²) in [6, 6.07) is 38.6. The Morgan fingerprint density at radius 3 is 2.21 bits per heavy atom. The van der Waals surface area contributed by atoms with Crippen LogP contribution in [-0.4, -0.2) is 34.1 Å². The summed E-state index contributed by atoms with van der Waals surface area (Å²) >= 11 is 2.69. The highest BCUT2D eigenvalue weighted by molar-refractivity contribution is 8.00. The van der Waals surface area contributed by atoms with E-state index in [1.807, 2.05) is 91.9 Å². The Labute approximate surface area is 315 Å². The van der Waals surface area contributed by atoms with Gasteiger partial charge in [0.1, 0.15) is 24.7 Å². The SMILES string of the molecule is COc1cc(C2C(=C(O)c3ccc(OCc4ccccc4C)cc3)C(=O)C(=O)N2c2nnc(SCc3ccccc3)s2)ccc1OCc1ccccc1. The molecular formula is C42H35N3O6S2. The van der Waals surface area contributed by atoms with Crippen molar-refractivity contribution in [2.45, 2.75) is 36.3 Å². The molecule has 1 atom stereocenters. The van der Waals surface area contributed by atoms with Gasteiger partial charge in [-0.25, -0.2) is 0 Å². The number of ether oxygens (including phenoxy) is 3. The number of aliphatic hydroxyl groups excluding tert-OH is 1. The molecule has 0 bridgehead atoms. The van der Waals surface area contributed by atoms with E-state index in [1.165, 1.54) is 35.1 Å². The van der Waals surface area contributed by atoms with E-state index in [-0.39, 0.29) is 16.5 Å². The zero-order valence-corrected chi connectivity index (χ0v) is 30.6. The number of thioether (sulfide) groups is 1. The summed E-state index contributed by atoms with van der Waals surface area (Å²) in [7, 11) is 1.52. The fourth-order valence-electron chi connectivity index (χ4n) is 5.93. The average molecular weight is 742 g/mol. The van der Waals surface area contributed by atoms with Crippen molar-refractivity contribution in [3.05, 3.63) is 166 Å². The second kappa shape index (κ2) is 16.2. The number of aryl methyl sites for hydroxylation is 1. The molecule has 1 N–H and O–H groups in total. The lowest BCUT2D eigenvalue weighted by Crippen LogP contribution is -2.29. The standard InChI is InChI=1S/C42H35N3O6S2/c1-27-11-9-10-16-32(27)25-50-33-20-17-30(18-21-33)38(46)36-37(31-19-22-34(35(23-31)49-2)51-24-28-12-5-3-6-13-28)45(40(48)39(36)47)41-43-44-42(53-41)52-26-29-14-7-4-8-15-29/h3-23,37,46H,24-26H2,1-2H3. The third kappa shape index (κ3) is 7.96. The first kappa shape index (κ1) is 35.5. The number of anilines is 1. The third-order valence-electron chi connectivity index (χ3n) is 8.78. The largest absolute Gasteiger partial charge is 0.507 e. The summed E-state index contributed by atoms with van der Waals surface area (Å²) in [5, 5.41) is 20.7. The minimum atomic E-state index is -1.04. The minimum absolute atomic E-state index is 0.0859. The number of carbonyl (C=O) groups excluding carboxylic acids is 2. The molecule has 11 heteroatoms. The molecule has 1 aliphatic rings. The van der Waals surface area contributed by atoms with Gasteiger partial charge in [-0.2, -0.15) is 0 Å². The Bertz CT molecular complexity index is 2260. The smallest absolute Gasteiger partial charge is 0.301 e. The van der Waals surface area contributed by atoms with Crippen LogP contribution >= 0.6 is 23.1 Å². The molecule has 1 unspecified atom stereocenters. The van der Waals surface area contributed by atoms with Crippen LogP contribution in [-0.2, 0) is 28.6 Å². The summed E-state index contributed by atoms with van der Waals surface area (Å²) in [4.78, 5) is 29.1. The van der Waals surface area contributed by atoms with Gasteiger partial charge in [0.15, 0.2) is 15.8 Å². The number of hydrogen-bond donors (Lipinski definition) is 1. The van der Waals surface area contributed by atoms with E-state index in [2.05, 4.69) is 10.2 Å². The number of Topliss-reactive ketones (excluding diaryl/α,β-unsaturated/α-hetero) is 1. The van der Waals surface area contributed by atoms with E-state index >= 15 is 0 Å². The van der Waals surface area contributed by atoms with Crippen molar-refractivity contribution in [1.29, 1.82) is 0 Å². The van der Waals surface area contributed by atoms with Crippen molar-refractivity contribution >= 4 is 45.7 Å². The quantitative estimate of drug-likeness (QED) is 0.0408. The van der Waals surface area contributed by atoms with Crippen molar-refractivity contribution < 1.29 is 28.9 Å². The Hall–Kier alpha value is -5.91. The Morgan fingerprint density at radius 1 is 0.792 bits per heavy atom. The van der Waals surface area contributed by atoms with Gasteiger partial charge in [0.25, 0.3) is 5.78 Å². The summed E-state index contributed by atoms with van der Waals surface area (Å²) in [5.74, 6) is 0.131. The van der Waals surface area contributed by atoms with Crippen LogP contribution in [0.3, 0.4) is 0 Å². The summed E-state index contributed by atoms with van der Waals surface area (Å²) < 4.78 is 18.5. The first-order valence-electron chi connectivity index (χ1n) is 16.8. The maximum absolute atomic E-state index is 13.9. The first-order valence-corrected chi connectivity index (χ1v) is 18.6. The second-order valence-corrected chi connectivity index (χ2v) is 14.4. The van der Waals surface area contributed by atoms with Gasteiger partial charge in [-0.1, -0.05) is 114 Å². The molecule has 266 valence electrons. The molecule has 1 aromatic heterocycles. The van der Waals surface area contributed by atoms with Crippen molar-refractivity contribution in [2.75, 3.05) is 12.0 Å². The van der Waals surface area contributed by atoms with Gasteiger partial charge in [0.2, 0.25) is 5.13 Å². The lowest BCUT2D eigenvalue weighted by Gasteiger charge is -2.23. The second-order valence-electron chi connectivity index (χ2n) is 12.2. The maximum atomic E-state index is 13.9. The number of aliphatic hydroxyl groups is 1. The number of ketones is 1. The number of aromatic nitrogens is 2. The molecule has 0 spiro atoms. The molecule has 9 nitrogen and oxygen atoms in total. The van der Waals surface area contributed by atoms with Gasteiger partial charge in [0, 0.05) is 11.3 Å². The lowest BCUT2D eigenvalue weighted by atomic mass is 9.95. The van der Waals surface area contributed by atoms with Gasteiger partial charge in [-0.3, -0.25) is 14.5 Å². The Morgan fingerprint density at radius 2 is 1.49 bits per heavy atom. The van der Waals surface area contributed by atoms with Crippen molar-refractivity contribution in [1.82, 2.24) is 10.2 Å². The predicted molar refractivity (Wildman–Crippen MR) is 206 cm³/mol. The van der Waals surface area contributed by atoms with Gasteiger partial charge in [0.05, 0.1) is 18.7 Å². The highest BCUT2D eigenvalue weighted by atomic mass is 32.2. The molecule has 0 aliphatic carbocycles. The minimum Gasteiger partial charge on any atom is -0.507 e. The normalized spacial score (nSPS) is 15.1. The Kier molecular flexibility index (Phi) is 10.8. The number of nitrogens with zero attached hydrogens (tertiary/aromatic N) is 3. The van der Waals surface area contributed by atoms with Gasteiger partial charge in [-0.15, -0.1) is 10.2 Å². The molecule has 5 aromatic carbocycles. The van der Waals surface area contributed by atoms with Crippen LogP contribution in [0.1, 0.15) is 39.4 Å². The van der Waals surface area contributed by atoms with Crippen LogP contribution in [0.2, 0.25) is 0 Å². The highest BCUT2D eigenvalue weighted by Crippen LogP contribution is 2.46. The Balaban J connectivity index is 1.22. The van der Waals surface area contributed by atoms with Crippen molar-refractivity contribution in [2.24, 2.45) is 0 Å². The number of hydrogen-bond acceptors (Lipinski definition) is 10. The molecule has 6 aromatic rings. The number of amides is 1. The molecule has 0 saturated carbocycles. The number of benzene rings is 5. The van der Waals surface area contributed by atoms with E-state index in [4.69, 9.17) is 14.2 Å². The van der Waals surface area contributed by atoms with E-state index in [0.717, 1.165) is 22.3 Å². The van der Waals surface area contributed by atoms with Gasteiger partial charge in [-0.05, 0) is 71.1 Å². The van der Waals surface area contributed by atoms with E-state index in [9.17, 15) is 14.7 Å². The van der Waals surface area contributed by atoms with E-state index in [1.54, 1.807) is 42.5 Å². The van der Waals surface area contributed by atoms with E-state index in [0.29, 0.717) is 51.7 Å². The van der Waals surface area contributed by atoms with Crippen molar-refractivity contribution in [3.8, 4) is 17.2 Å². The molecular weight excluding hydrogens is 707 g/mol. The number of rotatable bonds is 13. The monoisotopic (exact) mass is 741 g/mol. The van der Waals surface area contributed by atoms with Crippen LogP contribution in [0.5, 0.6) is 17.2 Å². The van der Waals surface area contributed by atoms with Crippen LogP contribution in [0, 0.1) is 6.92 Å². The summed E-state index contributed by atoms with van der Waals surface area (Å²) in [6.45, 7) is 2.72. The maximum Gasteiger partial charge on any atom is 0.301 e. The van der Waals surface area contributed by atoms with Crippen molar-refractivity contribution in [3.63, 3.8) is 0 Å². The topological polar surface area (TPSA) is 111 Å². The molecule has 1 saturated heterocycles. The molecule has 1 amide bonds. The summed E-state index contributed by atoms with van der Waals surface area (Å²) in [5.41, 5.74) is 5.06. The molecule has 1 fully saturated rings. The average Bonchev–Trinajstić information content (AvgIpc) is 3.77. The van der Waals surface area contributed by atoms with Crippen LogP contribution < -0.4 is 19.1 Å². The lowest BCUT2D eigenvalue weighted by molar-refractivity contribution is -0.132. The molecule has 53 heavy (non-hydrogen) atoms. The highest BCUT2D eigenvalue weighted by Gasteiger charge is 2.48. The van der Waals surface area contributed by atoms with Gasteiger partial charge >= 0.3 is 5.91 Å². The summed E-state index contributed by atoms with van der Waals surface area (Å²) in [6.07, 6.45) is 0. The fourth-order valence-corrected chi connectivity index (χ4v) is 7.75. The zero-order valence-electron chi connectivity index (χ0n) is 29.0. The molecule has 2 heterocycles. The van der Waals surface area contributed by atoms with Gasteiger partial charge < -0.3 is 19.3 Å². The molecule has 1 aliphatic heterocycles. The van der Waals surface area contributed by atoms with Crippen LogP contribution in [0.25, 0.3) is 5.76 Å². The zero-order chi connectivity index (χ0) is 36.7. The molecule has 7 rings (SSSR count). The fraction of sp³-hybridized carbons (Fsp3) is 0.143. The predicted octanol–water partition coefficient (Wildman–Crippen LogP) is 8.93. The number of carbonyl (C=O) groups is 2. The van der Waals surface area contributed by atoms with Crippen LogP contribution in [0.15, 0.2) is 137 Å². The third-order valence-corrected chi connectivity index (χ3v) is 10.9. The van der Waals surface area contributed by atoms with E-state index < -0.39 is 17.7 Å². The van der Waals surface area contributed by atoms with Crippen LogP contribution in [0.4, 0.5) is 5.13 Å². The molecule has 0 radical (unpaired) electrons.